The highest BCUT2D eigenvalue weighted by Crippen LogP contribution is 2.31. The quantitative estimate of drug-likeness (QED) is 0.283. The molecule has 0 saturated carbocycles. The summed E-state index contributed by atoms with van der Waals surface area (Å²) in [6.07, 6.45) is 2.59. The van der Waals surface area contributed by atoms with E-state index < -0.39 is 6.10 Å². The molecule has 1 aliphatic rings. The summed E-state index contributed by atoms with van der Waals surface area (Å²) in [5, 5.41) is 17.8. The van der Waals surface area contributed by atoms with Gasteiger partial charge >= 0.3 is 0 Å². The number of β-amino-alcohol motifs (C(OH)–C–C–N with tert-alkyl or cyclic N) is 1. The molecule has 4 aromatic rings. The van der Waals surface area contributed by atoms with Crippen molar-refractivity contribution in [2.75, 3.05) is 30.8 Å². The summed E-state index contributed by atoms with van der Waals surface area (Å²) in [5.41, 5.74) is 2.66. The zero-order chi connectivity index (χ0) is 28.9. The zero-order valence-electron chi connectivity index (χ0n) is 23.4. The van der Waals surface area contributed by atoms with Crippen LogP contribution in [0.4, 0.5) is 11.5 Å². The third-order valence-electron chi connectivity index (χ3n) is 6.87. The van der Waals surface area contributed by atoms with Crippen LogP contribution in [0.1, 0.15) is 20.8 Å². The van der Waals surface area contributed by atoms with E-state index in [0.29, 0.717) is 34.3 Å². The average Bonchev–Trinajstić information content (AvgIpc) is 2.99. The Hall–Kier alpha value is -4.67. The minimum Gasteiger partial charge on any atom is -0.497 e. The highest BCUT2D eigenvalue weighted by atomic mass is 16.7. The Labute approximate surface area is 238 Å². The molecule has 0 aliphatic carbocycles. The number of amides is 1. The predicted molar refractivity (Wildman–Crippen MR) is 156 cm³/mol. The number of benzene rings is 2. The maximum Gasteiger partial charge on any atom is 0.257 e. The lowest BCUT2D eigenvalue weighted by atomic mass is 10.1. The highest BCUT2D eigenvalue weighted by Gasteiger charge is 2.31. The van der Waals surface area contributed by atoms with Crippen molar-refractivity contribution in [3.8, 4) is 17.2 Å². The van der Waals surface area contributed by atoms with Crippen LogP contribution in [0.2, 0.25) is 0 Å². The van der Waals surface area contributed by atoms with E-state index in [9.17, 15) is 9.90 Å². The normalized spacial score (nSPS) is 14.4. The van der Waals surface area contributed by atoms with Gasteiger partial charge in [0.1, 0.15) is 29.7 Å². The second kappa shape index (κ2) is 12.2. The van der Waals surface area contributed by atoms with Crippen molar-refractivity contribution in [1.29, 1.82) is 0 Å². The number of ether oxygens (including phenoxy) is 2. The van der Waals surface area contributed by atoms with Gasteiger partial charge in [-0.15, -0.1) is 0 Å². The molecule has 2 aromatic carbocycles. The van der Waals surface area contributed by atoms with Crippen LogP contribution in [-0.2, 0) is 9.63 Å². The summed E-state index contributed by atoms with van der Waals surface area (Å²) in [4.78, 5) is 28.1. The molecule has 1 atom stereocenters. The third kappa shape index (κ3) is 6.24. The van der Waals surface area contributed by atoms with Gasteiger partial charge in [0.05, 0.1) is 42.7 Å². The summed E-state index contributed by atoms with van der Waals surface area (Å²) < 4.78 is 11.3. The number of hydrazine groups is 1. The number of aromatic nitrogens is 2. The molecule has 0 unspecified atom stereocenters. The van der Waals surface area contributed by atoms with E-state index in [-0.39, 0.29) is 25.0 Å². The first kappa shape index (κ1) is 27.9. The van der Waals surface area contributed by atoms with E-state index in [1.807, 2.05) is 69.3 Å². The number of aliphatic hydroxyl groups is 1. The fourth-order valence-corrected chi connectivity index (χ4v) is 4.34. The van der Waals surface area contributed by atoms with Crippen molar-refractivity contribution in [2.24, 2.45) is 5.92 Å². The molecule has 0 spiro atoms. The Balaban J connectivity index is 1.32. The molecule has 2 N–H and O–H groups in total. The monoisotopic (exact) mass is 555 g/mol. The second-order valence-corrected chi connectivity index (χ2v) is 9.97. The number of allylic oxidation sites excluding steroid dienone is 1. The topological polar surface area (TPSA) is 109 Å². The number of rotatable bonds is 9. The van der Waals surface area contributed by atoms with Crippen LogP contribution in [0.3, 0.4) is 0 Å². The predicted octanol–water partition coefficient (Wildman–Crippen LogP) is 5.33. The van der Waals surface area contributed by atoms with Gasteiger partial charge in [0, 0.05) is 23.3 Å². The lowest BCUT2D eigenvalue weighted by molar-refractivity contribution is -0.115. The maximum atomic E-state index is 13.3. The lowest BCUT2D eigenvalue weighted by Gasteiger charge is -2.42. The fourth-order valence-electron chi connectivity index (χ4n) is 4.34. The molecule has 0 bridgehead atoms. The molecule has 0 radical (unpaired) electrons. The van der Waals surface area contributed by atoms with Crippen LogP contribution in [0.25, 0.3) is 10.9 Å². The van der Waals surface area contributed by atoms with Gasteiger partial charge in [-0.3, -0.25) is 14.8 Å². The van der Waals surface area contributed by atoms with Gasteiger partial charge in [0.2, 0.25) is 0 Å². The fraction of sp³-hybridized carbons (Fsp3) is 0.258. The molecular weight excluding hydrogens is 522 g/mol. The third-order valence-corrected chi connectivity index (χ3v) is 6.87. The standard InChI is InChI=1S/C31H33N5O5/c1-20(2)28(37)18-35-21(3)26(19-40-36(35)22-8-6-5-7-9-22)31(38)34-30-13-11-24(17-33-30)41-29-14-15-32-27-16-23(39-4)10-12-25(27)29/h5-17,20,28,37H,18-19H2,1-4H3,(H,33,34,38)/t28-/m0/s1. The summed E-state index contributed by atoms with van der Waals surface area (Å²) in [6, 6.07) is 20.3. The van der Waals surface area contributed by atoms with Crippen LogP contribution >= 0.6 is 0 Å². The molecule has 41 heavy (non-hydrogen) atoms. The summed E-state index contributed by atoms with van der Waals surface area (Å²) >= 11 is 0. The van der Waals surface area contributed by atoms with Crippen molar-refractivity contribution < 1.29 is 24.2 Å². The molecule has 2 aromatic heterocycles. The van der Waals surface area contributed by atoms with E-state index in [4.69, 9.17) is 14.3 Å². The number of hydrogen-bond donors (Lipinski definition) is 2. The molecule has 0 saturated heterocycles. The summed E-state index contributed by atoms with van der Waals surface area (Å²) in [7, 11) is 1.61. The van der Waals surface area contributed by atoms with Gasteiger partial charge in [-0.25, -0.2) is 9.82 Å². The molecule has 1 aliphatic heterocycles. The highest BCUT2D eigenvalue weighted by molar-refractivity contribution is 6.04. The van der Waals surface area contributed by atoms with Gasteiger partial charge in [-0.1, -0.05) is 32.0 Å². The Kier molecular flexibility index (Phi) is 8.32. The Morgan fingerprint density at radius 3 is 2.56 bits per heavy atom. The molecule has 212 valence electrons. The number of nitrogens with one attached hydrogen (secondary N) is 1. The molecule has 0 fully saturated rings. The van der Waals surface area contributed by atoms with Crippen molar-refractivity contribution in [2.45, 2.75) is 26.9 Å². The van der Waals surface area contributed by atoms with Crippen LogP contribution in [0.5, 0.6) is 17.2 Å². The first-order valence-electron chi connectivity index (χ1n) is 13.4. The maximum absolute atomic E-state index is 13.3. The number of pyridine rings is 2. The first-order chi connectivity index (χ1) is 19.8. The van der Waals surface area contributed by atoms with Gasteiger partial charge in [0.15, 0.2) is 0 Å². The summed E-state index contributed by atoms with van der Waals surface area (Å²) in [5.74, 6) is 1.90. The average molecular weight is 556 g/mol. The Morgan fingerprint density at radius 1 is 1.07 bits per heavy atom. The number of para-hydroxylation sites is 1. The molecule has 10 nitrogen and oxygen atoms in total. The van der Waals surface area contributed by atoms with Gasteiger partial charge in [0.25, 0.3) is 5.91 Å². The molecular formula is C31H33N5O5. The zero-order valence-corrected chi connectivity index (χ0v) is 23.4. The summed E-state index contributed by atoms with van der Waals surface area (Å²) in [6.45, 7) is 6.06. The van der Waals surface area contributed by atoms with Crippen molar-refractivity contribution in [1.82, 2.24) is 15.0 Å². The second-order valence-electron chi connectivity index (χ2n) is 9.97. The Morgan fingerprint density at radius 2 is 1.85 bits per heavy atom. The first-order valence-corrected chi connectivity index (χ1v) is 13.4. The van der Waals surface area contributed by atoms with Crippen LogP contribution in [-0.4, -0.2) is 52.4 Å². The minimum absolute atomic E-state index is 0.0255. The van der Waals surface area contributed by atoms with Crippen molar-refractivity contribution >= 4 is 28.3 Å². The number of carbonyl (C=O) groups is 1. The number of hydrogen-bond acceptors (Lipinski definition) is 9. The van der Waals surface area contributed by atoms with E-state index in [1.54, 1.807) is 47.9 Å². The number of anilines is 2. The van der Waals surface area contributed by atoms with E-state index in [2.05, 4.69) is 15.3 Å². The minimum atomic E-state index is -0.629. The van der Waals surface area contributed by atoms with Gasteiger partial charge in [-0.2, -0.15) is 5.17 Å². The van der Waals surface area contributed by atoms with Gasteiger partial charge < -0.3 is 19.9 Å². The van der Waals surface area contributed by atoms with E-state index in [0.717, 1.165) is 16.6 Å². The largest absolute Gasteiger partial charge is 0.497 e. The SMILES string of the molecule is COc1ccc2c(Oc3ccc(NC(=O)C4=C(C)N(C[C@H](O)C(C)C)N(c5ccccc5)OC4)nc3)ccnc2c1. The van der Waals surface area contributed by atoms with Crippen LogP contribution in [0.15, 0.2) is 90.4 Å². The Bertz CT molecular complexity index is 1540. The number of methoxy groups -OCH3 is 1. The molecule has 3 heterocycles. The van der Waals surface area contributed by atoms with Crippen molar-refractivity contribution in [3.63, 3.8) is 0 Å². The number of nitrogens with zero attached hydrogens (tertiary/aromatic N) is 4. The molecule has 10 heteroatoms. The molecule has 1 amide bonds. The lowest BCUT2D eigenvalue weighted by Crippen LogP contribution is -2.50. The number of fused-ring (bicyclic) bond motifs is 1. The number of aliphatic hydroxyl groups excluding tert-OH is 1. The van der Waals surface area contributed by atoms with E-state index in [1.165, 1.54) is 0 Å². The van der Waals surface area contributed by atoms with E-state index >= 15 is 0 Å². The van der Waals surface area contributed by atoms with Crippen molar-refractivity contribution in [3.05, 3.63) is 90.4 Å². The van der Waals surface area contributed by atoms with Gasteiger partial charge in [-0.05, 0) is 55.3 Å². The van der Waals surface area contributed by atoms with Crippen LogP contribution in [0, 0.1) is 5.92 Å². The van der Waals surface area contributed by atoms with Crippen LogP contribution < -0.4 is 20.0 Å². The molecule has 5 rings (SSSR count). The number of carbonyl (C=O) groups excluding carboxylic acids is 1. The smallest absolute Gasteiger partial charge is 0.257 e.